The molecule has 1 aromatic carbocycles. The van der Waals surface area contributed by atoms with Crippen molar-refractivity contribution in [2.24, 2.45) is 0 Å². The topological polar surface area (TPSA) is 62.5 Å². The Morgan fingerprint density at radius 1 is 1.24 bits per heavy atom. The maximum absolute atomic E-state index is 11.1. The van der Waals surface area contributed by atoms with Crippen molar-refractivity contribution < 1.29 is 14.4 Å². The van der Waals surface area contributed by atoms with E-state index in [0.29, 0.717) is 21.4 Å². The lowest BCUT2D eigenvalue weighted by atomic mass is 10.2. The second kappa shape index (κ2) is 4.79. The number of hydroxylamine groups is 1. The zero-order valence-electron chi connectivity index (χ0n) is 8.41. The number of rotatable bonds is 2. The van der Waals surface area contributed by atoms with Crippen LogP contribution in [-0.2, 0) is 0 Å². The smallest absolute Gasteiger partial charge is 0.310 e. The Labute approximate surface area is 107 Å². The van der Waals surface area contributed by atoms with Crippen LogP contribution in [0.15, 0.2) is 34.7 Å². The molecular weight excluding hydrogens is 265 g/mol. The van der Waals surface area contributed by atoms with Gasteiger partial charge in [-0.2, -0.15) is 0 Å². The molecule has 1 heterocycles. The molecule has 2 aromatic rings. The number of carbonyl (C=O) groups excluding carboxylic acids is 1. The minimum Gasteiger partial charge on any atom is -0.451 e. The normalized spacial score (nSPS) is 10.3. The number of furan rings is 1. The van der Waals surface area contributed by atoms with E-state index in [9.17, 15) is 4.79 Å². The van der Waals surface area contributed by atoms with Crippen LogP contribution in [0, 0.1) is 0 Å². The van der Waals surface area contributed by atoms with Gasteiger partial charge in [0.15, 0.2) is 5.76 Å². The fourth-order valence-electron chi connectivity index (χ4n) is 1.35. The SMILES string of the molecule is O=C(NO)c1ccc(-c2cc(Cl)ccc2Cl)o1. The second-order valence-corrected chi connectivity index (χ2v) is 4.07. The molecule has 6 heteroatoms. The van der Waals surface area contributed by atoms with Gasteiger partial charge >= 0.3 is 5.91 Å². The Balaban J connectivity index is 2.43. The van der Waals surface area contributed by atoms with Crippen molar-refractivity contribution in [3.8, 4) is 11.3 Å². The molecule has 0 aliphatic carbocycles. The standard InChI is InChI=1S/C11H7Cl2NO3/c12-6-1-2-8(13)7(5-6)9-3-4-10(17-9)11(15)14-16/h1-5,16H,(H,14,15). The fourth-order valence-corrected chi connectivity index (χ4v) is 1.73. The Morgan fingerprint density at radius 2 is 2.00 bits per heavy atom. The third kappa shape index (κ3) is 2.44. The summed E-state index contributed by atoms with van der Waals surface area (Å²) in [5.41, 5.74) is 2.06. The molecule has 1 amide bonds. The van der Waals surface area contributed by atoms with Gasteiger partial charge < -0.3 is 4.42 Å². The molecule has 0 atom stereocenters. The number of amides is 1. The van der Waals surface area contributed by atoms with Crippen molar-refractivity contribution >= 4 is 29.1 Å². The minimum absolute atomic E-state index is 0.0152. The van der Waals surface area contributed by atoms with Crippen LogP contribution in [-0.4, -0.2) is 11.1 Å². The summed E-state index contributed by atoms with van der Waals surface area (Å²) in [6.45, 7) is 0. The van der Waals surface area contributed by atoms with E-state index in [0.717, 1.165) is 0 Å². The van der Waals surface area contributed by atoms with E-state index in [1.807, 2.05) is 0 Å². The number of carbonyl (C=O) groups is 1. The van der Waals surface area contributed by atoms with Crippen molar-refractivity contribution in [1.82, 2.24) is 5.48 Å². The van der Waals surface area contributed by atoms with E-state index in [1.54, 1.807) is 24.3 Å². The first-order chi connectivity index (χ1) is 8.11. The monoisotopic (exact) mass is 271 g/mol. The highest BCUT2D eigenvalue weighted by Crippen LogP contribution is 2.31. The van der Waals surface area contributed by atoms with E-state index in [-0.39, 0.29) is 5.76 Å². The average Bonchev–Trinajstić information content (AvgIpc) is 2.80. The summed E-state index contributed by atoms with van der Waals surface area (Å²) in [7, 11) is 0. The average molecular weight is 272 g/mol. The minimum atomic E-state index is -0.727. The lowest BCUT2D eigenvalue weighted by Gasteiger charge is -2.01. The summed E-state index contributed by atoms with van der Waals surface area (Å²) < 4.78 is 5.24. The van der Waals surface area contributed by atoms with E-state index < -0.39 is 5.91 Å². The predicted molar refractivity (Wildman–Crippen MR) is 63.4 cm³/mol. The Bertz CT molecular complexity index is 566. The van der Waals surface area contributed by atoms with Crippen LogP contribution in [0.4, 0.5) is 0 Å². The molecule has 2 rings (SSSR count). The molecule has 4 nitrogen and oxygen atoms in total. The van der Waals surface area contributed by atoms with Gasteiger partial charge in [0.2, 0.25) is 0 Å². The highest BCUT2D eigenvalue weighted by atomic mass is 35.5. The van der Waals surface area contributed by atoms with E-state index in [1.165, 1.54) is 11.5 Å². The Hall–Kier alpha value is -1.49. The first-order valence-corrected chi connectivity index (χ1v) is 5.37. The zero-order chi connectivity index (χ0) is 12.4. The zero-order valence-corrected chi connectivity index (χ0v) is 9.92. The van der Waals surface area contributed by atoms with Crippen molar-refractivity contribution in [2.75, 3.05) is 0 Å². The molecule has 0 bridgehead atoms. The molecule has 0 aliphatic rings. The van der Waals surface area contributed by atoms with E-state index >= 15 is 0 Å². The molecule has 0 fully saturated rings. The number of hydrogen-bond donors (Lipinski definition) is 2. The van der Waals surface area contributed by atoms with Crippen LogP contribution in [0.3, 0.4) is 0 Å². The summed E-state index contributed by atoms with van der Waals surface area (Å²) in [6, 6.07) is 7.91. The largest absolute Gasteiger partial charge is 0.451 e. The quantitative estimate of drug-likeness (QED) is 0.650. The van der Waals surface area contributed by atoms with Gasteiger partial charge in [-0.25, -0.2) is 5.48 Å². The van der Waals surface area contributed by atoms with Crippen molar-refractivity contribution in [2.45, 2.75) is 0 Å². The third-order valence-corrected chi connectivity index (χ3v) is 2.69. The highest BCUT2D eigenvalue weighted by Gasteiger charge is 2.13. The number of benzene rings is 1. The summed E-state index contributed by atoms with van der Waals surface area (Å²) in [6.07, 6.45) is 0. The second-order valence-electron chi connectivity index (χ2n) is 3.23. The van der Waals surface area contributed by atoms with Crippen molar-refractivity contribution in [1.29, 1.82) is 0 Å². The number of hydrogen-bond acceptors (Lipinski definition) is 3. The van der Waals surface area contributed by atoms with Crippen LogP contribution in [0.5, 0.6) is 0 Å². The summed E-state index contributed by atoms with van der Waals surface area (Å²) in [4.78, 5) is 11.1. The maximum atomic E-state index is 11.1. The molecule has 0 saturated carbocycles. The predicted octanol–water partition coefficient (Wildman–Crippen LogP) is 3.37. The molecule has 0 spiro atoms. The molecule has 88 valence electrons. The van der Waals surface area contributed by atoms with Crippen LogP contribution in [0.25, 0.3) is 11.3 Å². The van der Waals surface area contributed by atoms with Crippen LogP contribution < -0.4 is 5.48 Å². The summed E-state index contributed by atoms with van der Waals surface area (Å²) in [5, 5.41) is 9.43. The summed E-state index contributed by atoms with van der Waals surface area (Å²) >= 11 is 11.8. The molecule has 0 saturated heterocycles. The summed E-state index contributed by atoms with van der Waals surface area (Å²) in [5.74, 6) is -0.343. The van der Waals surface area contributed by atoms with E-state index in [2.05, 4.69) is 0 Å². The molecular formula is C11H7Cl2NO3. The highest BCUT2D eigenvalue weighted by molar-refractivity contribution is 6.35. The first-order valence-electron chi connectivity index (χ1n) is 4.61. The number of nitrogens with one attached hydrogen (secondary N) is 1. The van der Waals surface area contributed by atoms with Gasteiger partial charge in [-0.05, 0) is 30.3 Å². The molecule has 0 radical (unpaired) electrons. The van der Waals surface area contributed by atoms with Crippen LogP contribution >= 0.6 is 23.2 Å². The van der Waals surface area contributed by atoms with Gasteiger partial charge in [0, 0.05) is 10.6 Å². The molecule has 1 aromatic heterocycles. The van der Waals surface area contributed by atoms with Crippen molar-refractivity contribution in [3.05, 3.63) is 46.1 Å². The lowest BCUT2D eigenvalue weighted by molar-refractivity contribution is 0.0677. The Kier molecular flexibility index (Phi) is 3.38. The molecule has 17 heavy (non-hydrogen) atoms. The van der Waals surface area contributed by atoms with Gasteiger partial charge in [-0.1, -0.05) is 23.2 Å². The molecule has 0 unspecified atom stereocenters. The first kappa shape index (κ1) is 12.0. The Morgan fingerprint density at radius 3 is 2.71 bits per heavy atom. The molecule has 2 N–H and O–H groups in total. The van der Waals surface area contributed by atoms with Gasteiger partial charge in [0.05, 0.1) is 5.02 Å². The number of halogens is 2. The van der Waals surface area contributed by atoms with Crippen LogP contribution in [0.1, 0.15) is 10.6 Å². The van der Waals surface area contributed by atoms with Gasteiger partial charge in [-0.3, -0.25) is 10.0 Å². The van der Waals surface area contributed by atoms with Gasteiger partial charge in [0.1, 0.15) is 5.76 Å². The maximum Gasteiger partial charge on any atom is 0.310 e. The van der Waals surface area contributed by atoms with Gasteiger partial charge in [0.25, 0.3) is 0 Å². The third-order valence-electron chi connectivity index (χ3n) is 2.13. The van der Waals surface area contributed by atoms with Gasteiger partial charge in [-0.15, -0.1) is 0 Å². The van der Waals surface area contributed by atoms with E-state index in [4.69, 9.17) is 32.8 Å². The van der Waals surface area contributed by atoms with Crippen LogP contribution in [0.2, 0.25) is 10.0 Å². The molecule has 0 aliphatic heterocycles. The lowest BCUT2D eigenvalue weighted by Crippen LogP contribution is -2.17. The van der Waals surface area contributed by atoms with Crippen molar-refractivity contribution in [3.63, 3.8) is 0 Å². The fraction of sp³-hybridized carbons (Fsp3) is 0.